The van der Waals surface area contributed by atoms with Crippen LogP contribution in [0.1, 0.15) is 20.8 Å². The van der Waals surface area contributed by atoms with Crippen LogP contribution in [-0.2, 0) is 41.5 Å². The summed E-state index contributed by atoms with van der Waals surface area (Å²) in [5.74, 6) is -3.30. The van der Waals surface area contributed by atoms with E-state index in [1.165, 1.54) is 0 Å². The number of carbonyl (C=O) groups excluding carboxylic acids is 3. The van der Waals surface area contributed by atoms with Crippen molar-refractivity contribution in [1.82, 2.24) is 0 Å². The maximum Gasteiger partial charge on any atom is 0.346 e. The Bertz CT molecular complexity index is 337. The summed E-state index contributed by atoms with van der Waals surface area (Å²) in [5.41, 5.74) is 10.1. The molecule has 0 bridgehead atoms. The summed E-state index contributed by atoms with van der Waals surface area (Å²) in [7, 11) is 0. The van der Waals surface area contributed by atoms with Crippen LogP contribution in [0.3, 0.4) is 0 Å². The molecule has 0 aromatic heterocycles. The third kappa shape index (κ3) is 6.88. The summed E-state index contributed by atoms with van der Waals surface area (Å²) in [6.07, 6.45) is 0. The first kappa shape index (κ1) is 18.2. The number of hydrogen-bond donors (Lipinski definition) is 2. The first-order chi connectivity index (χ1) is 7.25. The van der Waals surface area contributed by atoms with Gasteiger partial charge in [0.25, 0.3) is 0 Å². The van der Waals surface area contributed by atoms with E-state index in [1.807, 2.05) is 0 Å². The van der Waals surface area contributed by atoms with Gasteiger partial charge in [-0.05, 0) is 6.92 Å². The molecule has 0 rings (SSSR count). The van der Waals surface area contributed by atoms with Crippen molar-refractivity contribution in [3.63, 3.8) is 0 Å². The second kappa shape index (κ2) is 7.99. The molecule has 4 N–H and O–H groups in total. The molecule has 1 unspecified atom stereocenters. The van der Waals surface area contributed by atoms with Crippen molar-refractivity contribution < 1.29 is 41.5 Å². The Morgan fingerprint density at radius 2 is 1.59 bits per heavy atom. The van der Waals surface area contributed by atoms with Gasteiger partial charge in [-0.15, -0.1) is 0 Å². The fraction of sp³-hybridized carbons (Fsp3) is 0.556. The van der Waals surface area contributed by atoms with Gasteiger partial charge < -0.3 is 16.2 Å². The molecule has 0 saturated heterocycles. The summed E-state index contributed by atoms with van der Waals surface area (Å²) in [6, 6.07) is -1.48. The van der Waals surface area contributed by atoms with Crippen LogP contribution in [0.4, 0.5) is 0 Å². The van der Waals surface area contributed by atoms with Crippen LogP contribution < -0.4 is 11.5 Å². The van der Waals surface area contributed by atoms with Gasteiger partial charge in [0.1, 0.15) is 0 Å². The van der Waals surface area contributed by atoms with Gasteiger partial charge in [0.15, 0.2) is 11.7 Å². The number of Topliss-reactive ketones (excluding diaryl/α,β-unsaturated/α-hetero) is 1. The molecule has 1 atom stereocenters. The van der Waals surface area contributed by atoms with Crippen LogP contribution in [-0.4, -0.2) is 29.7 Å². The standard InChI is InChI=1S/C9H15N3O4.Ag/c1-4(2)7(14)16-8(15)6(5(3)13)12-9(10)11;/h4,6H,1-3H3,(H4,10,11,12);. The van der Waals surface area contributed by atoms with Crippen molar-refractivity contribution in [3.05, 3.63) is 0 Å². The van der Waals surface area contributed by atoms with E-state index in [4.69, 9.17) is 11.5 Å². The molecule has 0 aliphatic rings. The summed E-state index contributed by atoms with van der Waals surface area (Å²) in [5, 5.41) is 0. The zero-order valence-corrected chi connectivity index (χ0v) is 11.2. The minimum absolute atomic E-state index is 0. The second-order valence-corrected chi connectivity index (χ2v) is 3.46. The number of guanidine groups is 1. The normalized spacial score (nSPS) is 11.1. The van der Waals surface area contributed by atoms with E-state index in [9.17, 15) is 14.4 Å². The maximum absolute atomic E-state index is 11.4. The Kier molecular flexibility index (Phi) is 8.55. The van der Waals surface area contributed by atoms with Gasteiger partial charge in [-0.3, -0.25) is 9.59 Å². The van der Waals surface area contributed by atoms with E-state index in [1.54, 1.807) is 13.8 Å². The zero-order chi connectivity index (χ0) is 12.9. The molecule has 0 saturated carbocycles. The van der Waals surface area contributed by atoms with E-state index in [-0.39, 0.29) is 22.4 Å². The monoisotopic (exact) mass is 336 g/mol. The van der Waals surface area contributed by atoms with Gasteiger partial charge in [0, 0.05) is 22.4 Å². The smallest absolute Gasteiger partial charge is 0.346 e. The van der Waals surface area contributed by atoms with E-state index in [2.05, 4.69) is 9.73 Å². The minimum atomic E-state index is -1.48. The SMILES string of the molecule is CC(=O)C(N=C(N)N)C(=O)OC(=O)C(C)C.[Ag]. The van der Waals surface area contributed by atoms with Crippen LogP contribution in [0.2, 0.25) is 0 Å². The number of aliphatic imine (C=N–C) groups is 1. The van der Waals surface area contributed by atoms with Crippen LogP contribution in [0, 0.1) is 5.92 Å². The fourth-order valence-corrected chi connectivity index (χ4v) is 0.731. The van der Waals surface area contributed by atoms with Crippen molar-refractivity contribution in [2.24, 2.45) is 22.4 Å². The molecule has 0 aromatic rings. The molecule has 17 heavy (non-hydrogen) atoms. The molecular weight excluding hydrogens is 322 g/mol. The van der Waals surface area contributed by atoms with Gasteiger partial charge in [-0.1, -0.05) is 13.8 Å². The number of carbonyl (C=O) groups is 3. The summed E-state index contributed by atoms with van der Waals surface area (Å²) in [4.78, 5) is 36.9. The van der Waals surface area contributed by atoms with E-state index in [0.717, 1.165) is 6.92 Å². The topological polar surface area (TPSA) is 125 Å². The molecular formula is C9H15AgN3O4. The first-order valence-electron chi connectivity index (χ1n) is 4.60. The third-order valence-corrected chi connectivity index (χ3v) is 1.56. The Morgan fingerprint density at radius 3 is 1.88 bits per heavy atom. The first-order valence-corrected chi connectivity index (χ1v) is 4.60. The van der Waals surface area contributed by atoms with Gasteiger partial charge in [0.2, 0.25) is 6.04 Å². The molecule has 8 heteroatoms. The molecule has 0 fully saturated rings. The Morgan fingerprint density at radius 1 is 1.12 bits per heavy atom. The number of ether oxygens (including phenoxy) is 1. The van der Waals surface area contributed by atoms with E-state index < -0.39 is 35.6 Å². The third-order valence-electron chi connectivity index (χ3n) is 1.56. The summed E-state index contributed by atoms with van der Waals surface area (Å²) < 4.78 is 4.42. The summed E-state index contributed by atoms with van der Waals surface area (Å²) in [6.45, 7) is 4.23. The van der Waals surface area contributed by atoms with Crippen molar-refractivity contribution in [3.8, 4) is 0 Å². The predicted molar refractivity (Wildman–Crippen MR) is 56.2 cm³/mol. The van der Waals surface area contributed by atoms with Gasteiger partial charge in [-0.2, -0.15) is 0 Å². The van der Waals surface area contributed by atoms with Gasteiger partial charge in [-0.25, -0.2) is 9.79 Å². The Labute approximate surface area is 114 Å². The van der Waals surface area contributed by atoms with Crippen LogP contribution in [0.5, 0.6) is 0 Å². The average molecular weight is 337 g/mol. The molecule has 0 aliphatic carbocycles. The average Bonchev–Trinajstić information content (AvgIpc) is 2.12. The van der Waals surface area contributed by atoms with Crippen LogP contribution in [0.25, 0.3) is 0 Å². The summed E-state index contributed by atoms with van der Waals surface area (Å²) >= 11 is 0. The van der Waals surface area contributed by atoms with E-state index >= 15 is 0 Å². The molecule has 0 amide bonds. The van der Waals surface area contributed by atoms with Crippen LogP contribution >= 0.6 is 0 Å². The fourth-order valence-electron chi connectivity index (χ4n) is 0.731. The number of rotatable bonds is 4. The number of hydrogen-bond acceptors (Lipinski definition) is 5. The maximum atomic E-state index is 11.4. The molecule has 1 radical (unpaired) electrons. The molecule has 0 heterocycles. The number of nitrogens with two attached hydrogens (primary N) is 2. The molecule has 101 valence electrons. The zero-order valence-electron chi connectivity index (χ0n) is 9.69. The van der Waals surface area contributed by atoms with Crippen molar-refractivity contribution in [2.45, 2.75) is 26.8 Å². The van der Waals surface area contributed by atoms with Gasteiger partial charge in [0.05, 0.1) is 5.92 Å². The quantitative estimate of drug-likeness (QED) is 0.221. The Balaban J connectivity index is 0. The number of ketones is 1. The number of nitrogens with zero attached hydrogens (tertiary/aromatic N) is 1. The van der Waals surface area contributed by atoms with Crippen molar-refractivity contribution >= 4 is 23.7 Å². The second-order valence-electron chi connectivity index (χ2n) is 3.46. The van der Waals surface area contributed by atoms with Crippen molar-refractivity contribution in [1.29, 1.82) is 0 Å². The largest absolute Gasteiger partial charge is 0.391 e. The van der Waals surface area contributed by atoms with Gasteiger partial charge >= 0.3 is 11.9 Å². The predicted octanol–water partition coefficient (Wildman–Crippen LogP) is -1.06. The molecule has 0 aliphatic heterocycles. The molecule has 7 nitrogen and oxygen atoms in total. The Hall–Kier alpha value is -1.18. The van der Waals surface area contributed by atoms with Crippen LogP contribution in [0.15, 0.2) is 4.99 Å². The number of esters is 2. The minimum Gasteiger partial charge on any atom is -0.391 e. The molecule has 0 aromatic carbocycles. The van der Waals surface area contributed by atoms with Crippen molar-refractivity contribution in [2.75, 3.05) is 0 Å². The van der Waals surface area contributed by atoms with E-state index in [0.29, 0.717) is 0 Å². The molecule has 0 spiro atoms.